The Morgan fingerprint density at radius 3 is 2.65 bits per heavy atom. The van der Waals surface area contributed by atoms with Crippen LogP contribution in [0.25, 0.3) is 0 Å². The Bertz CT molecular complexity index is 702. The van der Waals surface area contributed by atoms with E-state index in [0.29, 0.717) is 38.4 Å². The first-order valence-electron chi connectivity index (χ1n) is 8.65. The zero-order valence-electron chi connectivity index (χ0n) is 15.3. The summed E-state index contributed by atoms with van der Waals surface area (Å²) < 4.78 is 37.7. The molecule has 1 amide bonds. The minimum atomic E-state index is -3.70. The first-order valence-corrected chi connectivity index (χ1v) is 10.1. The fourth-order valence-corrected chi connectivity index (χ4v) is 4.31. The van der Waals surface area contributed by atoms with E-state index >= 15 is 0 Å². The zero-order chi connectivity index (χ0) is 19.0. The van der Waals surface area contributed by atoms with Crippen LogP contribution in [0.2, 0.25) is 0 Å². The Labute approximate surface area is 154 Å². The van der Waals surface area contributed by atoms with Gasteiger partial charge in [-0.2, -0.15) is 4.31 Å². The molecule has 1 aliphatic heterocycles. The van der Waals surface area contributed by atoms with Crippen molar-refractivity contribution >= 4 is 15.9 Å². The summed E-state index contributed by atoms with van der Waals surface area (Å²) >= 11 is 0. The van der Waals surface area contributed by atoms with Crippen LogP contribution in [0, 0.1) is 0 Å². The van der Waals surface area contributed by atoms with Gasteiger partial charge in [-0.3, -0.25) is 4.79 Å². The molecule has 0 bridgehead atoms. The summed E-state index contributed by atoms with van der Waals surface area (Å²) in [7, 11) is -0.410. The van der Waals surface area contributed by atoms with Crippen molar-refractivity contribution in [3.05, 3.63) is 23.8 Å². The van der Waals surface area contributed by atoms with Crippen LogP contribution in [-0.2, 0) is 26.0 Å². The van der Waals surface area contributed by atoms with E-state index in [-0.39, 0.29) is 23.0 Å². The minimum absolute atomic E-state index is 0.0855. The highest BCUT2D eigenvalue weighted by atomic mass is 32.2. The standard InChI is InChI=1S/C17H27N3O5S/c1-18-6-3-7-19-17(21)13-14-4-5-15(24-2)16(12-14)26(22,23)20-8-10-25-11-9-20/h4-5,12,18H,3,6-11,13H2,1-2H3,(H,19,21). The van der Waals surface area contributed by atoms with Crippen molar-refractivity contribution in [3.63, 3.8) is 0 Å². The Morgan fingerprint density at radius 1 is 1.27 bits per heavy atom. The second-order valence-electron chi connectivity index (χ2n) is 5.99. The van der Waals surface area contributed by atoms with E-state index in [4.69, 9.17) is 9.47 Å². The van der Waals surface area contributed by atoms with Gasteiger partial charge in [0.2, 0.25) is 15.9 Å². The molecule has 2 rings (SSSR count). The minimum Gasteiger partial charge on any atom is -0.495 e. The number of benzene rings is 1. The van der Waals surface area contributed by atoms with Crippen LogP contribution in [-0.4, -0.2) is 72.2 Å². The normalized spacial score (nSPS) is 15.6. The number of amides is 1. The summed E-state index contributed by atoms with van der Waals surface area (Å²) in [4.78, 5) is 12.1. The average molecular weight is 385 g/mol. The number of carbonyl (C=O) groups is 1. The van der Waals surface area contributed by atoms with Gasteiger partial charge >= 0.3 is 0 Å². The van der Waals surface area contributed by atoms with Crippen LogP contribution in [0.3, 0.4) is 0 Å². The fourth-order valence-electron chi connectivity index (χ4n) is 2.70. The van der Waals surface area contributed by atoms with Crippen molar-refractivity contribution in [2.24, 2.45) is 0 Å². The maximum atomic E-state index is 12.9. The predicted octanol–water partition coefficient (Wildman–Crippen LogP) is -0.0157. The largest absolute Gasteiger partial charge is 0.495 e. The van der Waals surface area contributed by atoms with Crippen LogP contribution in [0.15, 0.2) is 23.1 Å². The lowest BCUT2D eigenvalue weighted by Crippen LogP contribution is -2.40. The third-order valence-corrected chi connectivity index (χ3v) is 6.03. The SMILES string of the molecule is CNCCCNC(=O)Cc1ccc(OC)c(S(=O)(=O)N2CCOCC2)c1. The van der Waals surface area contributed by atoms with Crippen molar-refractivity contribution in [1.82, 2.24) is 14.9 Å². The van der Waals surface area contributed by atoms with Crippen LogP contribution in [0.1, 0.15) is 12.0 Å². The molecule has 146 valence electrons. The van der Waals surface area contributed by atoms with Gasteiger partial charge in [-0.15, -0.1) is 0 Å². The molecule has 0 radical (unpaired) electrons. The molecule has 8 nitrogen and oxygen atoms in total. The van der Waals surface area contributed by atoms with Crippen molar-refractivity contribution in [2.45, 2.75) is 17.7 Å². The average Bonchev–Trinajstić information content (AvgIpc) is 2.66. The number of hydrogen-bond donors (Lipinski definition) is 2. The van der Waals surface area contributed by atoms with E-state index in [2.05, 4.69) is 10.6 Å². The fraction of sp³-hybridized carbons (Fsp3) is 0.588. The van der Waals surface area contributed by atoms with E-state index in [1.807, 2.05) is 7.05 Å². The Hall–Kier alpha value is -1.68. The smallest absolute Gasteiger partial charge is 0.246 e. The van der Waals surface area contributed by atoms with Gasteiger partial charge in [0.1, 0.15) is 10.6 Å². The second kappa shape index (κ2) is 9.86. The lowest BCUT2D eigenvalue weighted by Gasteiger charge is -2.26. The van der Waals surface area contributed by atoms with Crippen molar-refractivity contribution in [2.75, 3.05) is 53.6 Å². The van der Waals surface area contributed by atoms with E-state index in [1.54, 1.807) is 12.1 Å². The van der Waals surface area contributed by atoms with Gasteiger partial charge in [-0.25, -0.2) is 8.42 Å². The topological polar surface area (TPSA) is 97.0 Å². The third kappa shape index (κ3) is 5.41. The molecule has 26 heavy (non-hydrogen) atoms. The summed E-state index contributed by atoms with van der Waals surface area (Å²) in [5, 5.41) is 5.84. The van der Waals surface area contributed by atoms with Gasteiger partial charge in [0.05, 0.1) is 26.7 Å². The number of hydrogen-bond acceptors (Lipinski definition) is 6. The van der Waals surface area contributed by atoms with Crippen LogP contribution < -0.4 is 15.4 Å². The Balaban J connectivity index is 2.13. The monoisotopic (exact) mass is 385 g/mol. The van der Waals surface area contributed by atoms with Gasteiger partial charge in [0, 0.05) is 19.6 Å². The van der Waals surface area contributed by atoms with Crippen LogP contribution in [0.5, 0.6) is 5.75 Å². The molecule has 1 fully saturated rings. The summed E-state index contributed by atoms with van der Waals surface area (Å²) in [6.45, 7) is 2.76. The van der Waals surface area contributed by atoms with Crippen LogP contribution >= 0.6 is 0 Å². The Kier molecular flexibility index (Phi) is 7.83. The lowest BCUT2D eigenvalue weighted by atomic mass is 10.1. The van der Waals surface area contributed by atoms with E-state index in [1.165, 1.54) is 17.5 Å². The molecular weight excluding hydrogens is 358 g/mol. The molecular formula is C17H27N3O5S. The van der Waals surface area contributed by atoms with Gasteiger partial charge in [-0.1, -0.05) is 6.07 Å². The highest BCUT2D eigenvalue weighted by Gasteiger charge is 2.29. The summed E-state index contributed by atoms with van der Waals surface area (Å²) in [5.74, 6) is 0.135. The predicted molar refractivity (Wildman–Crippen MR) is 97.8 cm³/mol. The molecule has 1 aromatic carbocycles. The third-order valence-electron chi connectivity index (χ3n) is 4.11. The number of methoxy groups -OCH3 is 1. The maximum absolute atomic E-state index is 12.9. The Morgan fingerprint density at radius 2 is 2.00 bits per heavy atom. The van der Waals surface area contributed by atoms with E-state index in [9.17, 15) is 13.2 Å². The number of ether oxygens (including phenoxy) is 2. The molecule has 1 aliphatic rings. The van der Waals surface area contributed by atoms with Gasteiger partial charge in [0.15, 0.2) is 0 Å². The molecule has 0 aromatic heterocycles. The quantitative estimate of drug-likeness (QED) is 0.580. The van der Waals surface area contributed by atoms with E-state index < -0.39 is 10.0 Å². The lowest BCUT2D eigenvalue weighted by molar-refractivity contribution is -0.120. The van der Waals surface area contributed by atoms with E-state index in [0.717, 1.165) is 13.0 Å². The maximum Gasteiger partial charge on any atom is 0.246 e. The molecule has 0 atom stereocenters. The van der Waals surface area contributed by atoms with Crippen molar-refractivity contribution in [1.29, 1.82) is 0 Å². The molecule has 1 heterocycles. The summed E-state index contributed by atoms with van der Waals surface area (Å²) in [5.41, 5.74) is 0.628. The molecule has 0 saturated carbocycles. The van der Waals surface area contributed by atoms with Gasteiger partial charge < -0.3 is 20.1 Å². The molecule has 1 aromatic rings. The second-order valence-corrected chi connectivity index (χ2v) is 7.89. The molecule has 0 aliphatic carbocycles. The summed E-state index contributed by atoms with van der Waals surface area (Å²) in [6, 6.07) is 4.83. The number of morpholine rings is 1. The highest BCUT2D eigenvalue weighted by molar-refractivity contribution is 7.89. The highest BCUT2D eigenvalue weighted by Crippen LogP contribution is 2.28. The van der Waals surface area contributed by atoms with Crippen molar-refractivity contribution < 1.29 is 22.7 Å². The number of carbonyl (C=O) groups excluding carboxylic acids is 1. The first-order chi connectivity index (χ1) is 12.5. The molecule has 9 heteroatoms. The number of nitrogens with one attached hydrogen (secondary N) is 2. The number of rotatable bonds is 9. The van der Waals surface area contributed by atoms with Crippen molar-refractivity contribution in [3.8, 4) is 5.75 Å². The first kappa shape index (κ1) is 20.6. The molecule has 1 saturated heterocycles. The molecule has 0 spiro atoms. The molecule has 2 N–H and O–H groups in total. The summed E-state index contributed by atoms with van der Waals surface area (Å²) in [6.07, 6.45) is 0.955. The zero-order valence-corrected chi connectivity index (χ0v) is 16.1. The van der Waals surface area contributed by atoms with Crippen LogP contribution in [0.4, 0.5) is 0 Å². The molecule has 0 unspecified atom stereocenters. The van der Waals surface area contributed by atoms with Gasteiger partial charge in [0.25, 0.3) is 0 Å². The van der Waals surface area contributed by atoms with Gasteiger partial charge in [-0.05, 0) is 37.7 Å². The number of sulfonamides is 1. The number of nitrogens with zero attached hydrogens (tertiary/aromatic N) is 1.